The highest BCUT2D eigenvalue weighted by Crippen LogP contribution is 2.03. The highest BCUT2D eigenvalue weighted by atomic mass is 16.1. The van der Waals surface area contributed by atoms with Crippen molar-refractivity contribution in [3.63, 3.8) is 0 Å². The molecule has 0 aliphatic heterocycles. The molecule has 0 unspecified atom stereocenters. The molecule has 0 bridgehead atoms. The van der Waals surface area contributed by atoms with E-state index in [0.717, 1.165) is 18.8 Å². The third kappa shape index (κ3) is 6.02. The maximum absolute atomic E-state index is 11.6. The van der Waals surface area contributed by atoms with E-state index in [0.29, 0.717) is 6.42 Å². The molecule has 0 saturated carbocycles. The van der Waals surface area contributed by atoms with Gasteiger partial charge in [-0.25, -0.2) is 0 Å². The number of anilines is 1. The Labute approximate surface area is 103 Å². The molecule has 94 valence electrons. The molecule has 0 radical (unpaired) electrons. The zero-order valence-corrected chi connectivity index (χ0v) is 10.6. The van der Waals surface area contributed by atoms with Crippen LogP contribution in [0.5, 0.6) is 0 Å². The standard InChI is InChI=1S/C13H21N3O/c1-3-4-9-16(2)10-7-13(17)15-12-6-5-8-14-11-12/h5-6,8,11H,3-4,7,9-10H2,1-2H3,(H,15,17). The second kappa shape index (κ2) is 7.79. The number of carbonyl (C=O) groups excluding carboxylic acids is 1. The van der Waals surface area contributed by atoms with Crippen LogP contribution in [0.1, 0.15) is 26.2 Å². The molecule has 0 spiro atoms. The predicted molar refractivity (Wildman–Crippen MR) is 69.9 cm³/mol. The molecule has 1 rings (SSSR count). The Balaban J connectivity index is 2.21. The zero-order valence-electron chi connectivity index (χ0n) is 10.6. The molecule has 1 heterocycles. The maximum Gasteiger partial charge on any atom is 0.225 e. The molecule has 0 aliphatic rings. The molecule has 0 aromatic carbocycles. The molecule has 17 heavy (non-hydrogen) atoms. The fourth-order valence-electron chi connectivity index (χ4n) is 1.49. The van der Waals surface area contributed by atoms with Gasteiger partial charge in [-0.15, -0.1) is 0 Å². The Morgan fingerprint density at radius 3 is 2.94 bits per heavy atom. The largest absolute Gasteiger partial charge is 0.325 e. The number of nitrogens with one attached hydrogen (secondary N) is 1. The van der Waals surface area contributed by atoms with E-state index < -0.39 is 0 Å². The number of pyridine rings is 1. The van der Waals surface area contributed by atoms with Crippen LogP contribution in [0.3, 0.4) is 0 Å². The molecule has 0 aliphatic carbocycles. The second-order valence-corrected chi connectivity index (χ2v) is 4.20. The average molecular weight is 235 g/mol. The van der Waals surface area contributed by atoms with Gasteiger partial charge in [-0.2, -0.15) is 0 Å². The fraction of sp³-hybridized carbons (Fsp3) is 0.538. The van der Waals surface area contributed by atoms with E-state index in [2.05, 4.69) is 22.1 Å². The number of aromatic nitrogens is 1. The summed E-state index contributed by atoms with van der Waals surface area (Å²) in [6, 6.07) is 3.65. The van der Waals surface area contributed by atoms with Gasteiger partial charge in [-0.05, 0) is 32.1 Å². The number of hydrogen-bond donors (Lipinski definition) is 1. The lowest BCUT2D eigenvalue weighted by Gasteiger charge is -2.15. The van der Waals surface area contributed by atoms with Crippen LogP contribution in [0.4, 0.5) is 5.69 Å². The second-order valence-electron chi connectivity index (χ2n) is 4.20. The monoisotopic (exact) mass is 235 g/mol. The Morgan fingerprint density at radius 1 is 1.47 bits per heavy atom. The van der Waals surface area contributed by atoms with Crippen molar-refractivity contribution in [1.82, 2.24) is 9.88 Å². The lowest BCUT2D eigenvalue weighted by atomic mass is 10.3. The lowest BCUT2D eigenvalue weighted by molar-refractivity contribution is -0.116. The lowest BCUT2D eigenvalue weighted by Crippen LogP contribution is -2.25. The van der Waals surface area contributed by atoms with Crippen LogP contribution >= 0.6 is 0 Å². The summed E-state index contributed by atoms with van der Waals surface area (Å²) in [7, 11) is 2.05. The number of amides is 1. The van der Waals surface area contributed by atoms with Crippen molar-refractivity contribution < 1.29 is 4.79 Å². The number of nitrogens with zero attached hydrogens (tertiary/aromatic N) is 2. The van der Waals surface area contributed by atoms with Crippen LogP contribution < -0.4 is 5.32 Å². The van der Waals surface area contributed by atoms with Crippen molar-refractivity contribution in [2.75, 3.05) is 25.5 Å². The average Bonchev–Trinajstić information content (AvgIpc) is 2.35. The number of unbranched alkanes of at least 4 members (excludes halogenated alkanes) is 1. The van der Waals surface area contributed by atoms with Crippen LogP contribution in [-0.4, -0.2) is 35.9 Å². The van der Waals surface area contributed by atoms with Crippen LogP contribution in [0, 0.1) is 0 Å². The van der Waals surface area contributed by atoms with E-state index in [1.165, 1.54) is 12.8 Å². The van der Waals surface area contributed by atoms with Gasteiger partial charge in [0.05, 0.1) is 11.9 Å². The van der Waals surface area contributed by atoms with E-state index in [1.54, 1.807) is 12.4 Å². The van der Waals surface area contributed by atoms with E-state index in [9.17, 15) is 4.79 Å². The Bertz CT molecular complexity index is 327. The minimum atomic E-state index is 0.0429. The van der Waals surface area contributed by atoms with Gasteiger partial charge in [0.25, 0.3) is 0 Å². The molecule has 1 N–H and O–H groups in total. The van der Waals surface area contributed by atoms with Crippen LogP contribution in [-0.2, 0) is 4.79 Å². The molecule has 0 saturated heterocycles. The molecular formula is C13H21N3O. The minimum absolute atomic E-state index is 0.0429. The highest BCUT2D eigenvalue weighted by molar-refractivity contribution is 5.90. The van der Waals surface area contributed by atoms with Crippen LogP contribution in [0.25, 0.3) is 0 Å². The van der Waals surface area contributed by atoms with Gasteiger partial charge in [0.2, 0.25) is 5.91 Å². The summed E-state index contributed by atoms with van der Waals surface area (Å²) in [6.45, 7) is 4.02. The molecule has 1 amide bonds. The first kappa shape index (κ1) is 13.6. The Hall–Kier alpha value is -1.42. The van der Waals surface area contributed by atoms with Crippen LogP contribution in [0.15, 0.2) is 24.5 Å². The van der Waals surface area contributed by atoms with E-state index in [1.807, 2.05) is 19.2 Å². The third-order valence-electron chi connectivity index (χ3n) is 2.56. The molecule has 4 nitrogen and oxygen atoms in total. The molecule has 0 fully saturated rings. The summed E-state index contributed by atoms with van der Waals surface area (Å²) in [5, 5.41) is 2.83. The van der Waals surface area contributed by atoms with Gasteiger partial charge in [-0.3, -0.25) is 9.78 Å². The normalized spacial score (nSPS) is 10.5. The predicted octanol–water partition coefficient (Wildman–Crippen LogP) is 2.14. The summed E-state index contributed by atoms with van der Waals surface area (Å²) in [6.07, 6.45) is 6.23. The Morgan fingerprint density at radius 2 is 2.29 bits per heavy atom. The smallest absolute Gasteiger partial charge is 0.225 e. The van der Waals surface area contributed by atoms with Crippen molar-refractivity contribution >= 4 is 11.6 Å². The minimum Gasteiger partial charge on any atom is -0.325 e. The van der Waals surface area contributed by atoms with Gasteiger partial charge in [0.1, 0.15) is 0 Å². The van der Waals surface area contributed by atoms with Crippen molar-refractivity contribution in [3.05, 3.63) is 24.5 Å². The van der Waals surface area contributed by atoms with Gasteiger partial charge in [0.15, 0.2) is 0 Å². The summed E-state index contributed by atoms with van der Waals surface area (Å²) in [5.74, 6) is 0.0429. The number of rotatable bonds is 7. The van der Waals surface area contributed by atoms with Crippen molar-refractivity contribution in [1.29, 1.82) is 0 Å². The number of hydrogen-bond acceptors (Lipinski definition) is 3. The van der Waals surface area contributed by atoms with Gasteiger partial charge >= 0.3 is 0 Å². The quantitative estimate of drug-likeness (QED) is 0.787. The topological polar surface area (TPSA) is 45.2 Å². The molecule has 1 aromatic rings. The first-order valence-electron chi connectivity index (χ1n) is 6.10. The SMILES string of the molecule is CCCCN(C)CCC(=O)Nc1cccnc1. The molecular weight excluding hydrogens is 214 g/mol. The maximum atomic E-state index is 11.6. The van der Waals surface area contributed by atoms with E-state index in [4.69, 9.17) is 0 Å². The molecule has 1 aromatic heterocycles. The first-order chi connectivity index (χ1) is 8.22. The van der Waals surface area contributed by atoms with E-state index in [-0.39, 0.29) is 5.91 Å². The Kier molecular flexibility index (Phi) is 6.25. The van der Waals surface area contributed by atoms with Crippen LogP contribution in [0.2, 0.25) is 0 Å². The first-order valence-corrected chi connectivity index (χ1v) is 6.10. The highest BCUT2D eigenvalue weighted by Gasteiger charge is 2.04. The van der Waals surface area contributed by atoms with Crippen molar-refractivity contribution in [3.8, 4) is 0 Å². The summed E-state index contributed by atoms with van der Waals surface area (Å²) >= 11 is 0. The van der Waals surface area contributed by atoms with Gasteiger partial charge in [0, 0.05) is 19.2 Å². The zero-order chi connectivity index (χ0) is 12.5. The van der Waals surface area contributed by atoms with Gasteiger partial charge < -0.3 is 10.2 Å². The summed E-state index contributed by atoms with van der Waals surface area (Å²) in [4.78, 5) is 17.8. The van der Waals surface area contributed by atoms with Gasteiger partial charge in [-0.1, -0.05) is 13.3 Å². The summed E-state index contributed by atoms with van der Waals surface area (Å²) < 4.78 is 0. The molecule has 0 atom stereocenters. The number of carbonyl (C=O) groups is 1. The van der Waals surface area contributed by atoms with E-state index >= 15 is 0 Å². The molecule has 4 heteroatoms. The third-order valence-corrected chi connectivity index (χ3v) is 2.56. The fourth-order valence-corrected chi connectivity index (χ4v) is 1.49. The van der Waals surface area contributed by atoms with Crippen molar-refractivity contribution in [2.45, 2.75) is 26.2 Å². The van der Waals surface area contributed by atoms with Crippen molar-refractivity contribution in [2.24, 2.45) is 0 Å². The summed E-state index contributed by atoms with van der Waals surface area (Å²) in [5.41, 5.74) is 0.758.